The number of nitrogens with one attached hydrogen (secondary N) is 1. The zero-order valence-electron chi connectivity index (χ0n) is 9.24. The molecule has 1 aromatic carbocycles. The van der Waals surface area contributed by atoms with E-state index >= 15 is 0 Å². The number of rotatable bonds is 4. The topological polar surface area (TPSA) is 55.2 Å². The third kappa shape index (κ3) is 2.51. The summed E-state index contributed by atoms with van der Waals surface area (Å²) >= 11 is 0. The predicted molar refractivity (Wildman–Crippen MR) is 58.8 cm³/mol. The van der Waals surface area contributed by atoms with Gasteiger partial charge in [0.2, 0.25) is 0 Å². The number of nitrogens with zero attached hydrogens (tertiary/aromatic N) is 1. The van der Waals surface area contributed by atoms with E-state index in [0.29, 0.717) is 12.0 Å². The van der Waals surface area contributed by atoms with Crippen LogP contribution >= 0.6 is 0 Å². The second-order valence-corrected chi connectivity index (χ2v) is 4.31. The number of anilines is 1. The number of hydrogen-bond donors (Lipinski definition) is 1. The van der Waals surface area contributed by atoms with Crippen LogP contribution in [0.2, 0.25) is 0 Å². The summed E-state index contributed by atoms with van der Waals surface area (Å²) in [7, 11) is 0. The van der Waals surface area contributed by atoms with Gasteiger partial charge < -0.3 is 5.32 Å². The van der Waals surface area contributed by atoms with E-state index in [1.54, 1.807) is 0 Å². The largest absolute Gasteiger partial charge is 0.374 e. The lowest BCUT2D eigenvalue weighted by atomic mass is 10.2. The molecule has 4 nitrogen and oxygen atoms in total. The van der Waals surface area contributed by atoms with E-state index < -0.39 is 22.2 Å². The van der Waals surface area contributed by atoms with E-state index in [0.717, 1.165) is 18.9 Å². The predicted octanol–water partition coefficient (Wildman–Crippen LogP) is 3.08. The minimum absolute atomic E-state index is 0.0475. The van der Waals surface area contributed by atoms with Crippen LogP contribution in [-0.4, -0.2) is 11.0 Å². The molecular formula is C11H12F2N2O2. The molecule has 1 saturated carbocycles. The average Bonchev–Trinajstić information content (AvgIpc) is 3.04. The van der Waals surface area contributed by atoms with E-state index in [1.165, 1.54) is 0 Å². The molecule has 0 heterocycles. The van der Waals surface area contributed by atoms with E-state index in [1.807, 2.05) is 6.92 Å². The molecule has 92 valence electrons. The molecule has 1 N–H and O–H groups in total. The fraction of sp³-hybridized carbons (Fsp3) is 0.455. The summed E-state index contributed by atoms with van der Waals surface area (Å²) in [6, 6.07) is 1.33. The Balaban J connectivity index is 2.32. The Morgan fingerprint density at radius 3 is 2.65 bits per heavy atom. The average molecular weight is 242 g/mol. The second-order valence-electron chi connectivity index (χ2n) is 4.31. The van der Waals surface area contributed by atoms with Crippen molar-refractivity contribution in [2.24, 2.45) is 5.92 Å². The monoisotopic (exact) mass is 242 g/mol. The van der Waals surface area contributed by atoms with Crippen molar-refractivity contribution in [3.63, 3.8) is 0 Å². The zero-order chi connectivity index (χ0) is 12.6. The van der Waals surface area contributed by atoms with Gasteiger partial charge in [0.05, 0.1) is 11.0 Å². The Morgan fingerprint density at radius 2 is 2.12 bits per heavy atom. The zero-order valence-corrected chi connectivity index (χ0v) is 9.24. The Hall–Kier alpha value is -1.72. The highest BCUT2D eigenvalue weighted by Crippen LogP contribution is 2.36. The minimum atomic E-state index is -0.946. The van der Waals surface area contributed by atoms with Gasteiger partial charge in [-0.3, -0.25) is 10.1 Å². The van der Waals surface area contributed by atoms with Crippen LogP contribution in [0.25, 0.3) is 0 Å². The number of nitro benzene ring substituents is 1. The smallest absolute Gasteiger partial charge is 0.298 e. The Labute approximate surface area is 96.8 Å². The maximum Gasteiger partial charge on any atom is 0.298 e. The Morgan fingerprint density at radius 1 is 1.47 bits per heavy atom. The molecule has 6 heteroatoms. The third-order valence-corrected chi connectivity index (χ3v) is 2.93. The van der Waals surface area contributed by atoms with Crippen molar-refractivity contribution in [2.75, 3.05) is 5.32 Å². The van der Waals surface area contributed by atoms with Crippen molar-refractivity contribution in [3.05, 3.63) is 33.9 Å². The van der Waals surface area contributed by atoms with Gasteiger partial charge in [-0.1, -0.05) is 0 Å². The summed E-state index contributed by atoms with van der Waals surface area (Å²) in [6.07, 6.45) is 2.07. The highest BCUT2D eigenvalue weighted by atomic mass is 19.1. The lowest BCUT2D eigenvalue weighted by molar-refractivity contribution is -0.384. The molecule has 1 aliphatic rings. The SMILES string of the molecule is CC(Nc1c(F)cc(F)cc1[N+](=O)[O-])C1CC1. The molecule has 2 rings (SSSR count). The second kappa shape index (κ2) is 4.27. The summed E-state index contributed by atoms with van der Waals surface area (Å²) in [5.74, 6) is -1.46. The van der Waals surface area contributed by atoms with Crippen LogP contribution in [-0.2, 0) is 0 Å². The van der Waals surface area contributed by atoms with E-state index in [4.69, 9.17) is 0 Å². The third-order valence-electron chi connectivity index (χ3n) is 2.93. The van der Waals surface area contributed by atoms with Crippen LogP contribution in [0.5, 0.6) is 0 Å². The molecule has 0 aromatic heterocycles. The normalized spacial score (nSPS) is 16.6. The minimum Gasteiger partial charge on any atom is -0.374 e. The molecule has 0 radical (unpaired) electrons. The van der Waals surface area contributed by atoms with Gasteiger partial charge in [-0.15, -0.1) is 0 Å². The summed E-state index contributed by atoms with van der Waals surface area (Å²) < 4.78 is 26.4. The van der Waals surface area contributed by atoms with Crippen molar-refractivity contribution < 1.29 is 13.7 Å². The fourth-order valence-electron chi connectivity index (χ4n) is 1.79. The molecule has 0 spiro atoms. The van der Waals surface area contributed by atoms with Crippen molar-refractivity contribution in [3.8, 4) is 0 Å². The van der Waals surface area contributed by atoms with Crippen LogP contribution in [0, 0.1) is 27.7 Å². The quantitative estimate of drug-likeness (QED) is 0.652. The molecule has 0 amide bonds. The Bertz CT molecular complexity index is 461. The van der Waals surface area contributed by atoms with Crippen molar-refractivity contribution in [1.82, 2.24) is 0 Å². The highest BCUT2D eigenvalue weighted by Gasteiger charge is 2.30. The molecule has 1 unspecified atom stereocenters. The molecule has 17 heavy (non-hydrogen) atoms. The summed E-state index contributed by atoms with van der Waals surface area (Å²) in [6.45, 7) is 1.84. The van der Waals surface area contributed by atoms with Crippen molar-refractivity contribution in [2.45, 2.75) is 25.8 Å². The first-order valence-electron chi connectivity index (χ1n) is 5.39. The van der Waals surface area contributed by atoms with Gasteiger partial charge in [-0.2, -0.15) is 0 Å². The highest BCUT2D eigenvalue weighted by molar-refractivity contribution is 5.63. The molecule has 1 aliphatic carbocycles. The van der Waals surface area contributed by atoms with Gasteiger partial charge in [0, 0.05) is 12.1 Å². The maximum atomic E-state index is 13.5. The molecular weight excluding hydrogens is 230 g/mol. The molecule has 0 bridgehead atoms. The molecule has 0 aliphatic heterocycles. The molecule has 0 saturated heterocycles. The van der Waals surface area contributed by atoms with Gasteiger partial charge in [0.1, 0.15) is 11.5 Å². The maximum absolute atomic E-state index is 13.5. The molecule has 1 aromatic rings. The van der Waals surface area contributed by atoms with Gasteiger partial charge in [-0.25, -0.2) is 8.78 Å². The number of benzene rings is 1. The molecule has 1 fully saturated rings. The Kier molecular flexibility index (Phi) is 2.95. The fourth-order valence-corrected chi connectivity index (χ4v) is 1.79. The van der Waals surface area contributed by atoms with Gasteiger partial charge in [0.15, 0.2) is 5.82 Å². The summed E-state index contributed by atoms with van der Waals surface area (Å²) in [5.41, 5.74) is -0.786. The van der Waals surface area contributed by atoms with Crippen LogP contribution < -0.4 is 5.32 Å². The van der Waals surface area contributed by atoms with Gasteiger partial charge in [0.25, 0.3) is 5.69 Å². The molecule has 1 atom stereocenters. The van der Waals surface area contributed by atoms with E-state index in [-0.39, 0.29) is 11.7 Å². The standard InChI is InChI=1S/C11H12F2N2O2/c1-6(7-2-3-7)14-11-9(13)4-8(12)5-10(11)15(16)17/h4-7,14H,2-3H2,1H3. The van der Waals surface area contributed by atoms with Crippen molar-refractivity contribution in [1.29, 1.82) is 0 Å². The van der Waals surface area contributed by atoms with E-state index in [2.05, 4.69) is 5.32 Å². The lowest BCUT2D eigenvalue weighted by Gasteiger charge is -2.14. The van der Waals surface area contributed by atoms with Crippen LogP contribution in [0.15, 0.2) is 12.1 Å². The first-order valence-corrected chi connectivity index (χ1v) is 5.39. The first kappa shape index (κ1) is 11.8. The van der Waals surface area contributed by atoms with Crippen LogP contribution in [0.4, 0.5) is 20.2 Å². The number of nitro groups is 1. The van der Waals surface area contributed by atoms with Crippen LogP contribution in [0.3, 0.4) is 0 Å². The van der Waals surface area contributed by atoms with Gasteiger partial charge in [-0.05, 0) is 25.7 Å². The van der Waals surface area contributed by atoms with Crippen molar-refractivity contribution >= 4 is 11.4 Å². The van der Waals surface area contributed by atoms with E-state index in [9.17, 15) is 18.9 Å². The number of hydrogen-bond acceptors (Lipinski definition) is 3. The summed E-state index contributed by atoms with van der Waals surface area (Å²) in [4.78, 5) is 9.94. The first-order chi connectivity index (χ1) is 7.99. The van der Waals surface area contributed by atoms with Crippen LogP contribution in [0.1, 0.15) is 19.8 Å². The van der Waals surface area contributed by atoms with Gasteiger partial charge >= 0.3 is 0 Å². The summed E-state index contributed by atoms with van der Waals surface area (Å²) in [5, 5.41) is 13.5. The number of halogens is 2. The lowest BCUT2D eigenvalue weighted by Crippen LogP contribution is -2.19.